The van der Waals surface area contributed by atoms with Crippen LogP contribution in [0.5, 0.6) is 0 Å². The van der Waals surface area contributed by atoms with Crippen LogP contribution in [0.1, 0.15) is 88.8 Å². The molecule has 0 amide bonds. The van der Waals surface area contributed by atoms with Crippen LogP contribution in [-0.2, 0) is 0 Å². The number of thiophene rings is 6. The molecule has 0 radical (unpaired) electrons. The van der Waals surface area contributed by atoms with Crippen LogP contribution in [0.15, 0.2) is 58.6 Å². The van der Waals surface area contributed by atoms with Gasteiger partial charge in [-0.3, -0.25) is 9.97 Å². The van der Waals surface area contributed by atoms with Gasteiger partial charge in [-0.15, -0.1) is 68.0 Å². The minimum atomic E-state index is -1.63. The van der Waals surface area contributed by atoms with Crippen molar-refractivity contribution in [2.24, 2.45) is 11.8 Å². The molecule has 0 saturated heterocycles. The number of hydrogen-bond donors (Lipinski definition) is 0. The first-order chi connectivity index (χ1) is 34.4. The fourth-order valence-electron chi connectivity index (χ4n) is 9.77. The van der Waals surface area contributed by atoms with E-state index in [2.05, 4.69) is 39.8 Å². The number of nitrogens with zero attached hydrogens (tertiary/aromatic N) is 6. The Bertz CT molecular complexity index is 3310. The number of halogens is 4. The molecule has 2 atom stereocenters. The van der Waals surface area contributed by atoms with Crippen molar-refractivity contribution in [2.45, 2.75) is 103 Å². The highest BCUT2D eigenvalue weighted by Gasteiger charge is 2.45. The Morgan fingerprint density at radius 1 is 0.465 bits per heavy atom. The molecular formula is C52H48F4N6S9. The second-order valence-electron chi connectivity index (χ2n) is 18.2. The van der Waals surface area contributed by atoms with Gasteiger partial charge in [-0.05, 0) is 86.4 Å². The largest absolute Gasteiger partial charge is 0.252 e. The maximum Gasteiger partial charge on any atom is 0.142 e. The van der Waals surface area contributed by atoms with E-state index in [1.807, 2.05) is 0 Å². The van der Waals surface area contributed by atoms with Crippen molar-refractivity contribution >= 4 is 124 Å². The number of rotatable bonds is 18. The van der Waals surface area contributed by atoms with Crippen LogP contribution in [0.2, 0.25) is 0 Å². The molecule has 71 heavy (non-hydrogen) atoms. The van der Waals surface area contributed by atoms with E-state index in [0.29, 0.717) is 84.0 Å². The van der Waals surface area contributed by atoms with E-state index in [1.165, 1.54) is 115 Å². The first-order valence-electron chi connectivity index (χ1n) is 23.8. The highest BCUT2D eigenvalue weighted by molar-refractivity contribution is 8.34. The number of pyridine rings is 2. The summed E-state index contributed by atoms with van der Waals surface area (Å²) >= 11 is 10.9. The molecule has 0 saturated carbocycles. The second kappa shape index (κ2) is 20.1. The Morgan fingerprint density at radius 2 is 0.845 bits per heavy atom. The number of aryl methyl sites for hydroxylation is 2. The molecular weight excluding hydrogens is 1070 g/mol. The van der Waals surface area contributed by atoms with E-state index < -0.39 is 21.7 Å². The predicted octanol–water partition coefficient (Wildman–Crippen LogP) is 19.7. The minimum absolute atomic E-state index is 0.290. The van der Waals surface area contributed by atoms with E-state index in [-0.39, 0.29) is 11.6 Å². The SMILES string of the molecule is CCCCC(CC)CS1(CC(CC)CCCC)c2cc(-c3ncc(-c4sc(-c5cc(F)c(C)s5)cc4F)c4nsnc34)sc2-c2sc(-c3ncc(-c4sc(-c5cc(F)c(C)s5)cc4F)c4nsnc34)cc21. The normalized spacial score (nSPS) is 14.5. The van der Waals surface area contributed by atoms with Crippen LogP contribution < -0.4 is 0 Å². The third-order valence-corrected chi connectivity index (χ3v) is 26.6. The Labute approximate surface area is 443 Å². The van der Waals surface area contributed by atoms with Crippen LogP contribution in [0.4, 0.5) is 17.6 Å². The molecule has 19 heteroatoms. The lowest BCUT2D eigenvalue weighted by Gasteiger charge is -2.42. The fraction of sp³-hybridized carbons (Fsp3) is 0.346. The van der Waals surface area contributed by atoms with Crippen LogP contribution in [0.25, 0.3) is 93.4 Å². The Kier molecular flexibility index (Phi) is 14.0. The van der Waals surface area contributed by atoms with Gasteiger partial charge in [-0.2, -0.15) is 27.5 Å². The molecule has 11 rings (SSSR count). The van der Waals surface area contributed by atoms with Gasteiger partial charge in [-0.1, -0.05) is 66.2 Å². The average Bonchev–Trinajstić information content (AvgIpc) is 4.23. The van der Waals surface area contributed by atoms with Crippen molar-refractivity contribution in [1.82, 2.24) is 27.5 Å². The van der Waals surface area contributed by atoms with Gasteiger partial charge in [0.15, 0.2) is 0 Å². The number of fused-ring (bicyclic) bond motifs is 5. The van der Waals surface area contributed by atoms with Crippen molar-refractivity contribution in [3.8, 4) is 71.3 Å². The van der Waals surface area contributed by atoms with Gasteiger partial charge >= 0.3 is 0 Å². The summed E-state index contributed by atoms with van der Waals surface area (Å²) in [5.41, 5.74) is 5.13. The van der Waals surface area contributed by atoms with Crippen molar-refractivity contribution in [3.63, 3.8) is 0 Å². The molecule has 0 fully saturated rings. The summed E-state index contributed by atoms with van der Waals surface area (Å²) in [6.07, 6.45) is 12.7. The first-order valence-corrected chi connectivity index (χ1v) is 32.2. The quantitative estimate of drug-likeness (QED) is 0.0797. The van der Waals surface area contributed by atoms with Crippen LogP contribution in [-0.4, -0.2) is 39.0 Å². The second-order valence-corrected chi connectivity index (χ2v) is 29.3. The first kappa shape index (κ1) is 49.4. The Hall–Kier alpha value is -3.79. The van der Waals surface area contributed by atoms with Gasteiger partial charge < -0.3 is 0 Å². The number of aromatic nitrogens is 6. The third kappa shape index (κ3) is 8.79. The summed E-state index contributed by atoms with van der Waals surface area (Å²) in [7, 11) is -1.63. The number of unbranched alkanes of at least 4 members (excludes halogenated alkanes) is 2. The highest BCUT2D eigenvalue weighted by Crippen LogP contribution is 2.77. The zero-order chi connectivity index (χ0) is 49.3. The smallest absolute Gasteiger partial charge is 0.142 e. The topological polar surface area (TPSA) is 77.3 Å². The molecule has 0 aliphatic carbocycles. The van der Waals surface area contributed by atoms with Crippen molar-refractivity contribution < 1.29 is 17.6 Å². The lowest BCUT2D eigenvalue weighted by Crippen LogP contribution is -2.20. The maximum absolute atomic E-state index is 15.9. The molecule has 11 heterocycles. The van der Waals surface area contributed by atoms with E-state index in [0.717, 1.165) is 81.8 Å². The molecule has 1 aliphatic heterocycles. The van der Waals surface area contributed by atoms with Gasteiger partial charge in [-0.25, -0.2) is 17.6 Å². The third-order valence-electron chi connectivity index (χ3n) is 13.7. The molecule has 368 valence electrons. The molecule has 10 aromatic heterocycles. The molecule has 0 spiro atoms. The zero-order valence-corrected chi connectivity index (χ0v) is 47.1. The van der Waals surface area contributed by atoms with E-state index in [9.17, 15) is 8.78 Å². The van der Waals surface area contributed by atoms with Crippen LogP contribution in [0.3, 0.4) is 0 Å². The van der Waals surface area contributed by atoms with Crippen molar-refractivity contribution in [3.05, 3.63) is 81.8 Å². The summed E-state index contributed by atoms with van der Waals surface area (Å²) in [5.74, 6) is 1.91. The summed E-state index contributed by atoms with van der Waals surface area (Å²) in [6.45, 7) is 12.7. The molecule has 0 bridgehead atoms. The summed E-state index contributed by atoms with van der Waals surface area (Å²) in [5, 5.41) is 0. The lowest BCUT2D eigenvalue weighted by atomic mass is 10.0. The molecule has 0 N–H and O–H groups in total. The predicted molar refractivity (Wildman–Crippen MR) is 299 cm³/mol. The fourth-order valence-corrected chi connectivity index (χ4v) is 23.8. The molecule has 10 aromatic rings. The average molecular weight is 1120 g/mol. The Morgan fingerprint density at radius 3 is 1.23 bits per heavy atom. The van der Waals surface area contributed by atoms with Gasteiger partial charge in [0, 0.05) is 62.6 Å². The standard InChI is InChI=1S/C52H48F4N6S9/c1-7-11-13-27(9-3)23-71(24-28(10-4)14-12-8-2)41-19-39(45-47-43(59-69-61-47)29(21-57-45)49-33(55)17-37(65-49)35-15-31(53)25(5)63-35)67-51(41)52-42(71)20-40(68-52)46-48-44(60-70-62-48)30(22-58-46)50-34(56)18-38(66-50)36-16-32(54)26(6)64-36/h15-22,27-28H,7-14,23-24H2,1-6H3. The molecule has 6 nitrogen and oxygen atoms in total. The monoisotopic (exact) mass is 1120 g/mol. The summed E-state index contributed by atoms with van der Waals surface area (Å²) in [4.78, 5) is 22.3. The van der Waals surface area contributed by atoms with Gasteiger partial charge in [0.2, 0.25) is 0 Å². The van der Waals surface area contributed by atoms with E-state index >= 15 is 8.78 Å². The van der Waals surface area contributed by atoms with E-state index in [4.69, 9.17) is 27.5 Å². The van der Waals surface area contributed by atoms with Gasteiger partial charge in [0.25, 0.3) is 0 Å². The van der Waals surface area contributed by atoms with Crippen LogP contribution >= 0.6 is 102 Å². The Balaban J connectivity index is 1.05. The maximum atomic E-state index is 15.9. The minimum Gasteiger partial charge on any atom is -0.252 e. The van der Waals surface area contributed by atoms with Gasteiger partial charge in [0.05, 0.1) is 52.7 Å². The summed E-state index contributed by atoms with van der Waals surface area (Å²) < 4.78 is 79.8. The van der Waals surface area contributed by atoms with Gasteiger partial charge in [0.1, 0.15) is 56.7 Å². The molecule has 0 aromatic carbocycles. The van der Waals surface area contributed by atoms with E-state index in [1.54, 1.807) is 48.9 Å². The lowest BCUT2D eigenvalue weighted by molar-refractivity contribution is 0.484. The van der Waals surface area contributed by atoms with Crippen molar-refractivity contribution in [2.75, 3.05) is 11.5 Å². The number of hydrogen-bond acceptors (Lipinski definition) is 14. The van der Waals surface area contributed by atoms with Crippen molar-refractivity contribution in [1.29, 1.82) is 0 Å². The highest BCUT2D eigenvalue weighted by atomic mass is 32.3. The molecule has 2 unspecified atom stereocenters. The zero-order valence-electron chi connectivity index (χ0n) is 39.7. The van der Waals surface area contributed by atoms with Crippen LogP contribution in [0, 0.1) is 49.0 Å². The summed E-state index contributed by atoms with van der Waals surface area (Å²) in [6, 6.07) is 10.7. The molecule has 1 aliphatic rings.